The van der Waals surface area contributed by atoms with E-state index >= 15 is 0 Å². The van der Waals surface area contributed by atoms with Crippen molar-refractivity contribution in [3.63, 3.8) is 0 Å². The number of hydrogen-bond donors (Lipinski definition) is 1. The molecule has 3 heterocycles. The first-order valence-electron chi connectivity index (χ1n) is 7.76. The Balaban J connectivity index is 1.75. The molecule has 2 unspecified atom stereocenters. The third-order valence-corrected chi connectivity index (χ3v) is 5.43. The number of aromatic amines is 1. The Morgan fingerprint density at radius 3 is 2.71 bits per heavy atom. The summed E-state index contributed by atoms with van der Waals surface area (Å²) in [6.45, 7) is 2.14. The summed E-state index contributed by atoms with van der Waals surface area (Å²) in [6, 6.07) is 10.2. The molecule has 2 aliphatic heterocycles. The molecule has 21 heavy (non-hydrogen) atoms. The van der Waals surface area contributed by atoms with Crippen molar-refractivity contribution in [2.24, 2.45) is 0 Å². The summed E-state index contributed by atoms with van der Waals surface area (Å²) in [5, 5.41) is 15.0. The molecule has 5 heteroatoms. The van der Waals surface area contributed by atoms with E-state index in [1.54, 1.807) is 0 Å². The zero-order valence-corrected chi connectivity index (χ0v) is 12.5. The van der Waals surface area contributed by atoms with E-state index in [1.165, 1.54) is 30.4 Å². The van der Waals surface area contributed by atoms with Crippen molar-refractivity contribution in [1.29, 1.82) is 0 Å². The summed E-state index contributed by atoms with van der Waals surface area (Å²) in [5.41, 5.74) is 2.73. The molecule has 2 bridgehead atoms. The quantitative estimate of drug-likeness (QED) is 0.918. The molecule has 0 spiro atoms. The van der Waals surface area contributed by atoms with Gasteiger partial charge in [-0.1, -0.05) is 35.0 Å². The number of benzene rings is 1. The number of piperidine rings is 1. The average Bonchev–Trinajstić information content (AvgIpc) is 3.08. The predicted octanol–water partition coefficient (Wildman–Crippen LogP) is 2.24. The lowest BCUT2D eigenvalue weighted by molar-refractivity contribution is 0.133. The molecule has 110 valence electrons. The first-order valence-corrected chi connectivity index (χ1v) is 7.76. The van der Waals surface area contributed by atoms with Gasteiger partial charge in [0, 0.05) is 18.0 Å². The van der Waals surface area contributed by atoms with Crippen LogP contribution in [0.25, 0.3) is 0 Å². The highest BCUT2D eigenvalue weighted by molar-refractivity contribution is 5.30. The Kier molecular flexibility index (Phi) is 3.03. The Labute approximate surface area is 124 Å². The van der Waals surface area contributed by atoms with Gasteiger partial charge in [-0.15, -0.1) is 10.2 Å². The first-order chi connectivity index (χ1) is 10.2. The number of fused-ring (bicyclic) bond motifs is 2. The van der Waals surface area contributed by atoms with E-state index in [2.05, 4.69) is 63.8 Å². The maximum Gasteiger partial charge on any atom is 0.179 e. The van der Waals surface area contributed by atoms with Crippen LogP contribution in [-0.2, 0) is 0 Å². The fraction of sp³-hybridized carbons (Fsp3) is 0.562. The third kappa shape index (κ3) is 2.07. The summed E-state index contributed by atoms with van der Waals surface area (Å²) in [6.07, 6.45) is 3.72. The van der Waals surface area contributed by atoms with Gasteiger partial charge < -0.3 is 0 Å². The SMILES string of the molecule is Cc1ccc([C@H]2C[C@H]3CCC(C2c2nn[nH]n2)N3C)cc1. The van der Waals surface area contributed by atoms with Crippen molar-refractivity contribution in [1.82, 2.24) is 25.5 Å². The number of nitrogens with one attached hydrogen (secondary N) is 1. The van der Waals surface area contributed by atoms with Crippen LogP contribution in [0.4, 0.5) is 0 Å². The van der Waals surface area contributed by atoms with Gasteiger partial charge in [-0.05, 0) is 44.7 Å². The maximum absolute atomic E-state index is 4.31. The van der Waals surface area contributed by atoms with Crippen LogP contribution in [-0.4, -0.2) is 44.7 Å². The molecule has 4 rings (SSSR count). The van der Waals surface area contributed by atoms with Gasteiger partial charge >= 0.3 is 0 Å². The second-order valence-corrected chi connectivity index (χ2v) is 6.51. The largest absolute Gasteiger partial charge is 0.300 e. The summed E-state index contributed by atoms with van der Waals surface area (Å²) >= 11 is 0. The lowest BCUT2D eigenvalue weighted by Gasteiger charge is -2.42. The zero-order chi connectivity index (χ0) is 14.4. The number of aromatic nitrogens is 4. The first kappa shape index (κ1) is 13.0. The molecule has 0 saturated carbocycles. The van der Waals surface area contributed by atoms with Crippen LogP contribution in [0, 0.1) is 6.92 Å². The molecule has 1 N–H and O–H groups in total. The molecular formula is C16H21N5. The Hall–Kier alpha value is -1.75. The van der Waals surface area contributed by atoms with Gasteiger partial charge in [-0.25, -0.2) is 0 Å². The summed E-state index contributed by atoms with van der Waals surface area (Å²) < 4.78 is 0. The molecule has 0 amide bonds. The smallest absolute Gasteiger partial charge is 0.179 e. The Morgan fingerprint density at radius 2 is 2.00 bits per heavy atom. The molecule has 2 fully saturated rings. The molecule has 0 radical (unpaired) electrons. The molecule has 5 nitrogen and oxygen atoms in total. The third-order valence-electron chi connectivity index (χ3n) is 5.43. The molecule has 1 aromatic heterocycles. The van der Waals surface area contributed by atoms with Crippen molar-refractivity contribution in [3.8, 4) is 0 Å². The van der Waals surface area contributed by atoms with E-state index in [9.17, 15) is 0 Å². The molecule has 4 atom stereocenters. The van der Waals surface area contributed by atoms with Crippen LogP contribution in [0.1, 0.15) is 48.0 Å². The van der Waals surface area contributed by atoms with Crippen molar-refractivity contribution >= 4 is 0 Å². The molecule has 0 aliphatic carbocycles. The van der Waals surface area contributed by atoms with Crippen LogP contribution >= 0.6 is 0 Å². The van der Waals surface area contributed by atoms with Crippen molar-refractivity contribution in [2.45, 2.75) is 50.1 Å². The minimum Gasteiger partial charge on any atom is -0.300 e. The number of aryl methyl sites for hydroxylation is 1. The number of likely N-dealkylation sites (N-methyl/N-ethyl adjacent to an activating group) is 1. The minimum atomic E-state index is 0.343. The second-order valence-electron chi connectivity index (χ2n) is 6.51. The summed E-state index contributed by atoms with van der Waals surface area (Å²) in [4.78, 5) is 2.53. The van der Waals surface area contributed by atoms with Crippen LogP contribution < -0.4 is 0 Å². The van der Waals surface area contributed by atoms with Crippen LogP contribution in [0.3, 0.4) is 0 Å². The standard InChI is InChI=1S/C16H21N5/c1-10-3-5-11(6-4-10)13-9-12-7-8-14(21(12)2)15(13)16-17-19-20-18-16/h3-6,12-15H,7-9H2,1-2H3,(H,17,18,19,20)/t12-,13-,14?,15?/m1/s1. The van der Waals surface area contributed by atoms with E-state index in [0.29, 0.717) is 23.9 Å². The fourth-order valence-corrected chi connectivity index (χ4v) is 4.29. The highest BCUT2D eigenvalue weighted by atomic mass is 15.5. The number of nitrogens with zero attached hydrogens (tertiary/aromatic N) is 4. The van der Waals surface area contributed by atoms with Gasteiger partial charge in [-0.3, -0.25) is 4.90 Å². The average molecular weight is 283 g/mol. The van der Waals surface area contributed by atoms with E-state index in [1.807, 2.05) is 0 Å². The Morgan fingerprint density at radius 1 is 1.19 bits per heavy atom. The Bertz CT molecular complexity index is 606. The molecule has 2 aromatic rings. The molecule has 2 saturated heterocycles. The number of tetrazole rings is 1. The van der Waals surface area contributed by atoms with Gasteiger partial charge in [0.05, 0.1) is 0 Å². The molecule has 2 aliphatic rings. The zero-order valence-electron chi connectivity index (χ0n) is 12.5. The second kappa shape index (κ2) is 4.91. The maximum atomic E-state index is 4.31. The highest BCUT2D eigenvalue weighted by Gasteiger charge is 2.48. The van der Waals surface area contributed by atoms with Gasteiger partial charge in [0.25, 0.3) is 0 Å². The van der Waals surface area contributed by atoms with Crippen LogP contribution in [0.2, 0.25) is 0 Å². The van der Waals surface area contributed by atoms with Gasteiger partial charge in [0.15, 0.2) is 5.82 Å². The minimum absolute atomic E-state index is 0.343. The molecule has 1 aromatic carbocycles. The predicted molar refractivity (Wildman–Crippen MR) is 80.0 cm³/mol. The van der Waals surface area contributed by atoms with Gasteiger partial charge in [0.1, 0.15) is 0 Å². The monoisotopic (exact) mass is 283 g/mol. The topological polar surface area (TPSA) is 57.7 Å². The van der Waals surface area contributed by atoms with E-state index < -0.39 is 0 Å². The normalized spacial score (nSPS) is 32.5. The number of rotatable bonds is 2. The number of hydrogen-bond acceptors (Lipinski definition) is 4. The number of H-pyrrole nitrogens is 1. The van der Waals surface area contributed by atoms with E-state index in [4.69, 9.17) is 0 Å². The summed E-state index contributed by atoms with van der Waals surface area (Å²) in [5.74, 6) is 1.71. The molecular weight excluding hydrogens is 262 g/mol. The fourth-order valence-electron chi connectivity index (χ4n) is 4.29. The van der Waals surface area contributed by atoms with Gasteiger partial charge in [-0.2, -0.15) is 5.21 Å². The van der Waals surface area contributed by atoms with E-state index in [0.717, 1.165) is 5.82 Å². The lowest BCUT2D eigenvalue weighted by Crippen LogP contribution is -2.44. The van der Waals surface area contributed by atoms with E-state index in [-0.39, 0.29) is 0 Å². The van der Waals surface area contributed by atoms with Gasteiger partial charge in [0.2, 0.25) is 0 Å². The van der Waals surface area contributed by atoms with Crippen LogP contribution in [0.15, 0.2) is 24.3 Å². The van der Waals surface area contributed by atoms with Crippen molar-refractivity contribution < 1.29 is 0 Å². The highest BCUT2D eigenvalue weighted by Crippen LogP contribution is 2.49. The summed E-state index contributed by atoms with van der Waals surface area (Å²) in [7, 11) is 2.25. The van der Waals surface area contributed by atoms with Crippen molar-refractivity contribution in [2.75, 3.05) is 7.05 Å². The van der Waals surface area contributed by atoms with Crippen LogP contribution in [0.5, 0.6) is 0 Å². The van der Waals surface area contributed by atoms with Crippen molar-refractivity contribution in [3.05, 3.63) is 41.2 Å². The lowest BCUT2D eigenvalue weighted by atomic mass is 9.75.